The van der Waals surface area contributed by atoms with Crippen LogP contribution in [0.5, 0.6) is 0 Å². The number of aromatic nitrogens is 1. The number of aryl methyl sites for hydroxylation is 2. The first-order chi connectivity index (χ1) is 15.5. The highest BCUT2D eigenvalue weighted by Gasteiger charge is 2.47. The number of H-pyrrole nitrogens is 1. The van der Waals surface area contributed by atoms with Gasteiger partial charge in [0.25, 0.3) is 11.7 Å². The Labute approximate surface area is 184 Å². The predicted octanol–water partition coefficient (Wildman–Crippen LogP) is 5.00. The quantitative estimate of drug-likeness (QED) is 0.273. The minimum atomic E-state index is -0.752. The number of aliphatic hydroxyl groups excluding tert-OH is 1. The maximum Gasteiger partial charge on any atom is 0.296 e. The highest BCUT2D eigenvalue weighted by Crippen LogP contribution is 2.44. The minimum Gasteiger partial charge on any atom is -0.507 e. The SMILES string of the molecule is Cc1ccc(/C(O)=C2\C(=O)C(=O)N(Cc3ccco3)C2c2c(C)[nH]c3ccccc23)cc1. The Kier molecular flexibility index (Phi) is 4.70. The monoisotopic (exact) mass is 426 g/mol. The van der Waals surface area contributed by atoms with E-state index in [0.29, 0.717) is 11.3 Å². The highest BCUT2D eigenvalue weighted by atomic mass is 16.3. The molecule has 0 spiro atoms. The van der Waals surface area contributed by atoms with Gasteiger partial charge >= 0.3 is 0 Å². The number of carbonyl (C=O) groups excluding carboxylic acids is 2. The van der Waals surface area contributed by atoms with E-state index in [1.807, 2.05) is 50.2 Å². The van der Waals surface area contributed by atoms with E-state index in [1.54, 1.807) is 24.3 Å². The predicted molar refractivity (Wildman–Crippen MR) is 121 cm³/mol. The molecule has 0 saturated carbocycles. The van der Waals surface area contributed by atoms with Gasteiger partial charge in [-0.3, -0.25) is 9.59 Å². The molecule has 1 atom stereocenters. The van der Waals surface area contributed by atoms with E-state index in [4.69, 9.17) is 4.42 Å². The molecular weight excluding hydrogens is 404 g/mol. The number of aromatic amines is 1. The Morgan fingerprint density at radius 2 is 1.78 bits per heavy atom. The average molecular weight is 426 g/mol. The number of likely N-dealkylation sites (tertiary alicyclic amines) is 1. The van der Waals surface area contributed by atoms with Crippen LogP contribution in [-0.4, -0.2) is 26.7 Å². The Morgan fingerprint density at radius 1 is 1.03 bits per heavy atom. The highest BCUT2D eigenvalue weighted by molar-refractivity contribution is 6.46. The summed E-state index contributed by atoms with van der Waals surface area (Å²) < 4.78 is 5.46. The number of carbonyl (C=O) groups is 2. The van der Waals surface area contributed by atoms with Crippen molar-refractivity contribution in [3.63, 3.8) is 0 Å². The molecule has 32 heavy (non-hydrogen) atoms. The molecule has 1 aliphatic heterocycles. The van der Waals surface area contributed by atoms with Gasteiger partial charge in [0, 0.05) is 27.7 Å². The summed E-state index contributed by atoms with van der Waals surface area (Å²) in [6, 6.07) is 17.7. The minimum absolute atomic E-state index is 0.0817. The summed E-state index contributed by atoms with van der Waals surface area (Å²) in [6.07, 6.45) is 1.53. The van der Waals surface area contributed by atoms with Crippen molar-refractivity contribution < 1.29 is 19.1 Å². The van der Waals surface area contributed by atoms with Crippen molar-refractivity contribution in [1.82, 2.24) is 9.88 Å². The normalized spacial score (nSPS) is 18.1. The smallest absolute Gasteiger partial charge is 0.296 e. The molecule has 1 aliphatic rings. The van der Waals surface area contributed by atoms with E-state index >= 15 is 0 Å². The van der Waals surface area contributed by atoms with Crippen molar-refractivity contribution in [1.29, 1.82) is 0 Å². The molecule has 1 saturated heterocycles. The number of nitrogens with zero attached hydrogens (tertiary/aromatic N) is 1. The number of rotatable bonds is 4. The molecule has 2 aromatic heterocycles. The Balaban J connectivity index is 1.75. The van der Waals surface area contributed by atoms with Crippen LogP contribution >= 0.6 is 0 Å². The molecule has 4 aromatic rings. The molecule has 0 radical (unpaired) electrons. The van der Waals surface area contributed by atoms with Crippen LogP contribution in [0.4, 0.5) is 0 Å². The van der Waals surface area contributed by atoms with Gasteiger partial charge < -0.3 is 19.4 Å². The first-order valence-corrected chi connectivity index (χ1v) is 10.4. The molecule has 6 heteroatoms. The zero-order valence-electron chi connectivity index (χ0n) is 17.8. The molecule has 5 rings (SSSR count). The molecule has 2 N–H and O–H groups in total. The number of fused-ring (bicyclic) bond motifs is 1. The largest absolute Gasteiger partial charge is 0.507 e. The van der Waals surface area contributed by atoms with Gasteiger partial charge in [0.2, 0.25) is 0 Å². The van der Waals surface area contributed by atoms with Crippen LogP contribution in [0.25, 0.3) is 16.7 Å². The summed E-state index contributed by atoms with van der Waals surface area (Å²) in [4.78, 5) is 31.2. The Bertz CT molecular complexity index is 1360. The van der Waals surface area contributed by atoms with E-state index in [9.17, 15) is 14.7 Å². The van der Waals surface area contributed by atoms with Crippen LogP contribution in [-0.2, 0) is 16.1 Å². The zero-order chi connectivity index (χ0) is 22.4. The van der Waals surface area contributed by atoms with Crippen LogP contribution < -0.4 is 0 Å². The molecule has 0 bridgehead atoms. The molecule has 1 amide bonds. The molecule has 6 nitrogen and oxygen atoms in total. The molecule has 3 heterocycles. The van der Waals surface area contributed by atoms with Crippen molar-refractivity contribution in [2.75, 3.05) is 0 Å². The lowest BCUT2D eigenvalue weighted by Gasteiger charge is -2.25. The molecule has 2 aromatic carbocycles. The van der Waals surface area contributed by atoms with Gasteiger partial charge in [-0.15, -0.1) is 0 Å². The number of aliphatic hydroxyl groups is 1. The lowest BCUT2D eigenvalue weighted by molar-refractivity contribution is -0.140. The number of amides is 1. The Hall–Kier alpha value is -4.06. The van der Waals surface area contributed by atoms with Gasteiger partial charge in [-0.1, -0.05) is 48.0 Å². The second kappa shape index (κ2) is 7.57. The van der Waals surface area contributed by atoms with Gasteiger partial charge in [0.1, 0.15) is 11.5 Å². The van der Waals surface area contributed by atoms with Gasteiger partial charge in [-0.05, 0) is 32.0 Å². The second-order valence-electron chi connectivity index (χ2n) is 8.08. The number of benzene rings is 2. The third kappa shape index (κ3) is 3.12. The van der Waals surface area contributed by atoms with Crippen LogP contribution in [0.15, 0.2) is 76.9 Å². The number of ketones is 1. The van der Waals surface area contributed by atoms with Crippen molar-refractivity contribution >= 4 is 28.4 Å². The second-order valence-corrected chi connectivity index (χ2v) is 8.08. The fraction of sp³-hybridized carbons (Fsp3) is 0.154. The summed E-state index contributed by atoms with van der Waals surface area (Å²) in [6.45, 7) is 3.97. The maximum absolute atomic E-state index is 13.2. The first-order valence-electron chi connectivity index (χ1n) is 10.4. The summed E-state index contributed by atoms with van der Waals surface area (Å²) in [5.74, 6) is -0.987. The molecular formula is C26H22N2O4. The number of furan rings is 1. The van der Waals surface area contributed by atoms with Crippen molar-refractivity contribution in [2.24, 2.45) is 0 Å². The van der Waals surface area contributed by atoms with E-state index in [2.05, 4.69) is 4.98 Å². The first kappa shape index (κ1) is 19.9. The maximum atomic E-state index is 13.2. The van der Waals surface area contributed by atoms with E-state index in [0.717, 1.165) is 27.7 Å². The molecule has 0 aliphatic carbocycles. The van der Waals surface area contributed by atoms with E-state index in [-0.39, 0.29) is 17.9 Å². The number of para-hydroxylation sites is 1. The third-order valence-electron chi connectivity index (χ3n) is 5.99. The fourth-order valence-electron chi connectivity index (χ4n) is 4.43. The van der Waals surface area contributed by atoms with Crippen LogP contribution in [0.3, 0.4) is 0 Å². The van der Waals surface area contributed by atoms with E-state index in [1.165, 1.54) is 11.2 Å². The molecule has 160 valence electrons. The number of hydrogen-bond acceptors (Lipinski definition) is 4. The Morgan fingerprint density at radius 3 is 2.50 bits per heavy atom. The lowest BCUT2D eigenvalue weighted by Crippen LogP contribution is -2.29. The van der Waals surface area contributed by atoms with Crippen molar-refractivity contribution in [3.05, 3.63) is 101 Å². The summed E-state index contributed by atoms with van der Waals surface area (Å²) in [5, 5.41) is 12.1. The van der Waals surface area contributed by atoms with Crippen LogP contribution in [0.2, 0.25) is 0 Å². The van der Waals surface area contributed by atoms with Crippen molar-refractivity contribution in [2.45, 2.75) is 26.4 Å². The fourth-order valence-corrected chi connectivity index (χ4v) is 4.43. The standard InChI is InChI=1S/C26H22N2O4/c1-15-9-11-17(12-10-15)24(29)22-23(21-16(2)27-20-8-4-3-7-19(20)21)28(26(31)25(22)30)14-18-6-5-13-32-18/h3-13,23,27,29H,14H2,1-2H3/b24-22+. The topological polar surface area (TPSA) is 86.5 Å². The summed E-state index contributed by atoms with van der Waals surface area (Å²) in [7, 11) is 0. The molecule has 1 unspecified atom stereocenters. The van der Waals surface area contributed by atoms with Gasteiger partial charge in [0.15, 0.2) is 0 Å². The third-order valence-corrected chi connectivity index (χ3v) is 5.99. The summed E-state index contributed by atoms with van der Waals surface area (Å²) >= 11 is 0. The number of hydrogen-bond donors (Lipinski definition) is 2. The average Bonchev–Trinajstić information content (AvgIpc) is 3.47. The molecule has 1 fully saturated rings. The van der Waals surface area contributed by atoms with Crippen LogP contribution in [0, 0.1) is 13.8 Å². The van der Waals surface area contributed by atoms with Gasteiger partial charge in [-0.25, -0.2) is 0 Å². The van der Waals surface area contributed by atoms with E-state index < -0.39 is 17.7 Å². The number of Topliss-reactive ketones (excluding diaryl/α,β-unsaturated/α-hetero) is 1. The van der Waals surface area contributed by atoms with Gasteiger partial charge in [0.05, 0.1) is 24.4 Å². The lowest BCUT2D eigenvalue weighted by atomic mass is 9.93. The van der Waals surface area contributed by atoms with Crippen molar-refractivity contribution in [3.8, 4) is 0 Å². The van der Waals surface area contributed by atoms with Crippen LogP contribution in [0.1, 0.15) is 34.2 Å². The number of nitrogens with one attached hydrogen (secondary N) is 1. The summed E-state index contributed by atoms with van der Waals surface area (Å²) in [5.41, 5.74) is 4.13. The van der Waals surface area contributed by atoms with Gasteiger partial charge in [-0.2, -0.15) is 0 Å². The zero-order valence-corrected chi connectivity index (χ0v) is 17.8.